The number of nitrogens with zero attached hydrogens (tertiary/aromatic N) is 2. The third kappa shape index (κ3) is 3.23. The van der Waals surface area contributed by atoms with Gasteiger partial charge in [-0.3, -0.25) is 0 Å². The van der Waals surface area contributed by atoms with Gasteiger partial charge in [-0.15, -0.1) is 0 Å². The van der Waals surface area contributed by atoms with Gasteiger partial charge < -0.3 is 9.80 Å². The third-order valence-corrected chi connectivity index (χ3v) is 11.6. The molecule has 4 aliphatic carbocycles. The van der Waals surface area contributed by atoms with Crippen LogP contribution in [0.3, 0.4) is 0 Å². The fraction of sp³-hybridized carbons (Fsp3) is 0.931. The van der Waals surface area contributed by atoms with Crippen molar-refractivity contribution in [3.8, 4) is 0 Å². The molecule has 0 aromatic rings. The van der Waals surface area contributed by atoms with E-state index in [0.717, 1.165) is 23.7 Å². The van der Waals surface area contributed by atoms with Crippen molar-refractivity contribution in [1.82, 2.24) is 9.80 Å². The Morgan fingerprint density at radius 3 is 2.10 bits per heavy atom. The van der Waals surface area contributed by atoms with Crippen LogP contribution in [0.1, 0.15) is 110 Å². The Balaban J connectivity index is 1.34. The molecule has 3 saturated carbocycles. The van der Waals surface area contributed by atoms with Gasteiger partial charge in [-0.1, -0.05) is 26.7 Å². The molecule has 174 valence electrons. The third-order valence-electron chi connectivity index (χ3n) is 11.6. The first-order valence-electron chi connectivity index (χ1n) is 14.3. The second kappa shape index (κ2) is 7.98. The number of hydrogen-bond donors (Lipinski definition) is 0. The summed E-state index contributed by atoms with van der Waals surface area (Å²) in [5.74, 6) is 4.00. The van der Waals surface area contributed by atoms with Crippen molar-refractivity contribution in [3.63, 3.8) is 0 Å². The van der Waals surface area contributed by atoms with Gasteiger partial charge >= 0.3 is 0 Å². The molecule has 31 heavy (non-hydrogen) atoms. The minimum absolute atomic E-state index is 0.461. The van der Waals surface area contributed by atoms with Crippen LogP contribution in [-0.2, 0) is 0 Å². The lowest BCUT2D eigenvalue weighted by molar-refractivity contribution is -0.103. The predicted molar refractivity (Wildman–Crippen MR) is 130 cm³/mol. The van der Waals surface area contributed by atoms with Gasteiger partial charge in [0.1, 0.15) is 0 Å². The highest BCUT2D eigenvalue weighted by Crippen LogP contribution is 2.67. The van der Waals surface area contributed by atoms with Crippen LogP contribution in [0.5, 0.6) is 0 Å². The standard InChI is InChI=1S/C29H48N2/c1-28-15-6-5-11-22(28)12-13-23-24(28)14-16-29(2)25(23)21-26(30-17-7-3-8-18-30)27(29)31-19-9-4-10-20-31/h22-25H,3-21H2,1-2H3/t22?,23-,24+,25+,28+,29+/m1/s1. The molecule has 2 heteroatoms. The molecule has 0 radical (unpaired) electrons. The summed E-state index contributed by atoms with van der Waals surface area (Å²) in [6.07, 6.45) is 22.2. The number of rotatable bonds is 2. The first-order chi connectivity index (χ1) is 15.1. The Bertz CT molecular complexity index is 700. The Kier molecular flexibility index (Phi) is 5.38. The van der Waals surface area contributed by atoms with Crippen molar-refractivity contribution in [3.05, 3.63) is 11.4 Å². The van der Waals surface area contributed by atoms with E-state index >= 15 is 0 Å². The molecule has 0 spiro atoms. The Morgan fingerprint density at radius 1 is 0.645 bits per heavy atom. The zero-order valence-electron chi connectivity index (χ0n) is 20.6. The van der Waals surface area contributed by atoms with Crippen molar-refractivity contribution in [2.24, 2.45) is 34.5 Å². The average Bonchev–Trinajstić information content (AvgIpc) is 3.13. The largest absolute Gasteiger partial charge is 0.373 e. The van der Waals surface area contributed by atoms with Gasteiger partial charge in [0.15, 0.2) is 0 Å². The quantitative estimate of drug-likeness (QED) is 0.462. The fourth-order valence-corrected chi connectivity index (χ4v) is 10.0. The maximum Gasteiger partial charge on any atom is 0.0390 e. The second-order valence-corrected chi connectivity index (χ2v) is 13.0. The summed E-state index contributed by atoms with van der Waals surface area (Å²) in [6.45, 7) is 10.8. The van der Waals surface area contributed by atoms with Crippen LogP contribution < -0.4 is 0 Å². The summed E-state index contributed by atoms with van der Waals surface area (Å²) in [4.78, 5) is 5.81. The van der Waals surface area contributed by atoms with Gasteiger partial charge in [-0.2, -0.15) is 0 Å². The van der Waals surface area contributed by atoms with E-state index in [1.165, 1.54) is 110 Å². The number of allylic oxidation sites excluding steroid dienone is 2. The molecule has 0 amide bonds. The molecular formula is C29H48N2. The molecule has 6 atom stereocenters. The molecular weight excluding hydrogens is 376 g/mol. The molecule has 2 heterocycles. The molecule has 0 aromatic heterocycles. The van der Waals surface area contributed by atoms with Crippen molar-refractivity contribution >= 4 is 0 Å². The molecule has 0 bridgehead atoms. The topological polar surface area (TPSA) is 6.48 Å². The summed E-state index contributed by atoms with van der Waals surface area (Å²) in [6, 6.07) is 0. The van der Waals surface area contributed by atoms with Crippen LogP contribution in [0.2, 0.25) is 0 Å². The molecule has 2 nitrogen and oxygen atoms in total. The van der Waals surface area contributed by atoms with Gasteiger partial charge in [0.25, 0.3) is 0 Å². The van der Waals surface area contributed by atoms with Crippen LogP contribution in [0.15, 0.2) is 11.4 Å². The molecule has 0 aromatic carbocycles. The molecule has 5 fully saturated rings. The lowest BCUT2D eigenvalue weighted by Crippen LogP contribution is -2.53. The second-order valence-electron chi connectivity index (χ2n) is 13.0. The summed E-state index contributed by atoms with van der Waals surface area (Å²) < 4.78 is 0. The van der Waals surface area contributed by atoms with Crippen LogP contribution >= 0.6 is 0 Å². The van der Waals surface area contributed by atoms with E-state index in [1.807, 2.05) is 11.4 Å². The average molecular weight is 425 g/mol. The Labute approximate surface area is 192 Å². The van der Waals surface area contributed by atoms with Crippen molar-refractivity contribution in [2.45, 2.75) is 110 Å². The van der Waals surface area contributed by atoms with E-state index in [9.17, 15) is 0 Å². The molecule has 0 N–H and O–H groups in total. The highest BCUT2D eigenvalue weighted by atomic mass is 15.2. The van der Waals surface area contributed by atoms with E-state index in [0.29, 0.717) is 10.8 Å². The number of likely N-dealkylation sites (tertiary alicyclic amines) is 2. The number of hydrogen-bond acceptors (Lipinski definition) is 2. The fourth-order valence-electron chi connectivity index (χ4n) is 10.0. The van der Waals surface area contributed by atoms with Crippen LogP contribution in [0, 0.1) is 34.5 Å². The maximum atomic E-state index is 2.92. The van der Waals surface area contributed by atoms with Crippen molar-refractivity contribution in [1.29, 1.82) is 0 Å². The molecule has 2 saturated heterocycles. The first-order valence-corrected chi connectivity index (χ1v) is 14.3. The van der Waals surface area contributed by atoms with Crippen LogP contribution in [0.4, 0.5) is 0 Å². The van der Waals surface area contributed by atoms with E-state index < -0.39 is 0 Å². The SMILES string of the molecule is C[C@]12CCCCC1CC[C@@H]1[C@@H]2CC[C@]2(C)C(N3CCCCC3)=C(N3CCCCC3)C[C@@H]12. The highest BCUT2D eigenvalue weighted by Gasteiger charge is 2.60. The van der Waals surface area contributed by atoms with E-state index in [1.54, 1.807) is 12.8 Å². The maximum absolute atomic E-state index is 2.92. The molecule has 1 unspecified atom stereocenters. The minimum Gasteiger partial charge on any atom is -0.373 e. The van der Waals surface area contributed by atoms with E-state index in [4.69, 9.17) is 0 Å². The Hall–Kier alpha value is -0.660. The molecule has 6 rings (SSSR count). The summed E-state index contributed by atoms with van der Waals surface area (Å²) >= 11 is 0. The molecule has 6 aliphatic rings. The normalized spacial score (nSPS) is 45.9. The van der Waals surface area contributed by atoms with Gasteiger partial charge in [0, 0.05) is 43.0 Å². The monoisotopic (exact) mass is 424 g/mol. The lowest BCUT2D eigenvalue weighted by Gasteiger charge is -2.60. The van der Waals surface area contributed by atoms with Gasteiger partial charge in [-0.05, 0) is 113 Å². The molecule has 2 aliphatic heterocycles. The number of fused-ring (bicyclic) bond motifs is 5. The van der Waals surface area contributed by atoms with Gasteiger partial charge in [0.05, 0.1) is 0 Å². The highest BCUT2D eigenvalue weighted by molar-refractivity contribution is 5.31. The van der Waals surface area contributed by atoms with Gasteiger partial charge in [-0.25, -0.2) is 0 Å². The summed E-state index contributed by atoms with van der Waals surface area (Å²) in [5.41, 5.74) is 4.84. The smallest absolute Gasteiger partial charge is 0.0390 e. The van der Waals surface area contributed by atoms with Crippen LogP contribution in [-0.4, -0.2) is 36.0 Å². The van der Waals surface area contributed by atoms with E-state index in [-0.39, 0.29) is 0 Å². The minimum atomic E-state index is 0.461. The van der Waals surface area contributed by atoms with E-state index in [2.05, 4.69) is 23.6 Å². The summed E-state index contributed by atoms with van der Waals surface area (Å²) in [7, 11) is 0. The van der Waals surface area contributed by atoms with Gasteiger partial charge in [0.2, 0.25) is 0 Å². The Morgan fingerprint density at radius 2 is 1.35 bits per heavy atom. The van der Waals surface area contributed by atoms with Crippen LogP contribution in [0.25, 0.3) is 0 Å². The number of piperidine rings is 2. The van der Waals surface area contributed by atoms with Crippen molar-refractivity contribution < 1.29 is 0 Å². The summed E-state index contributed by atoms with van der Waals surface area (Å²) in [5, 5.41) is 0. The zero-order chi connectivity index (χ0) is 21.1. The predicted octanol–water partition coefficient (Wildman–Crippen LogP) is 7.21. The lowest BCUT2D eigenvalue weighted by atomic mass is 9.45. The van der Waals surface area contributed by atoms with Crippen molar-refractivity contribution in [2.75, 3.05) is 26.2 Å². The first kappa shape index (κ1) is 20.9. The zero-order valence-corrected chi connectivity index (χ0v) is 20.6.